The molecule has 2 rings (SSSR count). The second-order valence-corrected chi connectivity index (χ2v) is 4.72. The summed E-state index contributed by atoms with van der Waals surface area (Å²) in [5, 5.41) is 9.52. The summed E-state index contributed by atoms with van der Waals surface area (Å²) in [5.41, 5.74) is 1.91. The van der Waals surface area contributed by atoms with Crippen LogP contribution in [0.15, 0.2) is 48.5 Å². The zero-order valence-corrected chi connectivity index (χ0v) is 11.6. The second kappa shape index (κ2) is 7.06. The number of hydrogen-bond donors (Lipinski definition) is 1. The average Bonchev–Trinajstić information content (AvgIpc) is 2.47. The molecule has 1 atom stereocenters. The highest BCUT2D eigenvalue weighted by Crippen LogP contribution is 2.22. The van der Waals surface area contributed by atoms with Crippen molar-refractivity contribution >= 4 is 0 Å². The van der Waals surface area contributed by atoms with Gasteiger partial charge in [-0.05, 0) is 48.7 Å². The average molecular weight is 274 g/mol. The molecule has 0 aliphatic rings. The van der Waals surface area contributed by atoms with E-state index in [2.05, 4.69) is 0 Å². The Bertz CT molecular complexity index is 537. The summed E-state index contributed by atoms with van der Waals surface area (Å²) in [7, 11) is 0. The van der Waals surface area contributed by atoms with Crippen LogP contribution in [0.4, 0.5) is 4.39 Å². The largest absolute Gasteiger partial charge is 0.494 e. The van der Waals surface area contributed by atoms with Gasteiger partial charge < -0.3 is 9.84 Å². The van der Waals surface area contributed by atoms with Crippen molar-refractivity contribution in [1.82, 2.24) is 0 Å². The molecule has 0 saturated heterocycles. The molecule has 1 unspecified atom stereocenters. The van der Waals surface area contributed by atoms with Crippen molar-refractivity contribution in [1.29, 1.82) is 0 Å². The van der Waals surface area contributed by atoms with Crippen LogP contribution in [0.1, 0.15) is 24.0 Å². The van der Waals surface area contributed by atoms with Gasteiger partial charge in [0.25, 0.3) is 0 Å². The van der Waals surface area contributed by atoms with Crippen LogP contribution < -0.4 is 4.74 Å². The van der Waals surface area contributed by atoms with E-state index in [1.807, 2.05) is 37.3 Å². The minimum Gasteiger partial charge on any atom is -0.494 e. The van der Waals surface area contributed by atoms with Gasteiger partial charge in [-0.1, -0.05) is 24.3 Å². The molecular weight excluding hydrogens is 255 g/mol. The molecule has 2 aromatic carbocycles. The molecule has 0 amide bonds. The lowest BCUT2D eigenvalue weighted by molar-refractivity contribution is 0.264. The van der Waals surface area contributed by atoms with Gasteiger partial charge >= 0.3 is 0 Å². The molecule has 2 nitrogen and oxygen atoms in total. The van der Waals surface area contributed by atoms with E-state index in [1.165, 1.54) is 12.1 Å². The van der Waals surface area contributed by atoms with Gasteiger partial charge in [0.15, 0.2) is 0 Å². The number of benzene rings is 2. The molecule has 0 spiro atoms. The molecule has 2 aromatic rings. The highest BCUT2D eigenvalue weighted by Gasteiger charge is 2.12. The van der Waals surface area contributed by atoms with Crippen LogP contribution in [0.5, 0.6) is 5.75 Å². The Morgan fingerprint density at radius 1 is 1.15 bits per heavy atom. The molecule has 0 aromatic heterocycles. The van der Waals surface area contributed by atoms with E-state index >= 15 is 0 Å². The Morgan fingerprint density at radius 3 is 2.50 bits per heavy atom. The molecular formula is C17H19FO2. The van der Waals surface area contributed by atoms with Gasteiger partial charge in [-0.3, -0.25) is 0 Å². The maximum absolute atomic E-state index is 13.2. The van der Waals surface area contributed by atoms with Gasteiger partial charge in [-0.25, -0.2) is 4.39 Å². The second-order valence-electron chi connectivity index (χ2n) is 4.72. The predicted molar refractivity (Wildman–Crippen MR) is 77.5 cm³/mol. The van der Waals surface area contributed by atoms with Gasteiger partial charge in [0.2, 0.25) is 0 Å². The maximum Gasteiger partial charge on any atom is 0.123 e. The number of aliphatic hydroxyl groups is 1. The van der Waals surface area contributed by atoms with E-state index in [4.69, 9.17) is 4.74 Å². The molecule has 3 heteroatoms. The highest BCUT2D eigenvalue weighted by molar-refractivity contribution is 5.30. The molecule has 20 heavy (non-hydrogen) atoms. The Labute approximate surface area is 118 Å². The monoisotopic (exact) mass is 274 g/mol. The summed E-state index contributed by atoms with van der Waals surface area (Å²) >= 11 is 0. The Morgan fingerprint density at radius 2 is 1.90 bits per heavy atom. The first-order valence-corrected chi connectivity index (χ1v) is 6.81. The van der Waals surface area contributed by atoms with Crippen molar-refractivity contribution in [2.45, 2.75) is 19.3 Å². The summed E-state index contributed by atoms with van der Waals surface area (Å²) in [4.78, 5) is 0. The third kappa shape index (κ3) is 3.81. The lowest BCUT2D eigenvalue weighted by atomic mass is 9.92. The molecule has 0 radical (unpaired) electrons. The Hall–Kier alpha value is -1.87. The number of aliphatic hydroxyl groups excluding tert-OH is 1. The molecule has 0 bridgehead atoms. The fourth-order valence-electron chi connectivity index (χ4n) is 2.22. The molecule has 1 N–H and O–H groups in total. The standard InChI is InChI=1S/C17H19FO2/c1-2-20-17-8-6-13(7-9-17)10-15(12-19)14-4-3-5-16(18)11-14/h3-9,11,15,19H,2,10,12H2,1H3. The van der Waals surface area contributed by atoms with Crippen molar-refractivity contribution in [3.8, 4) is 5.75 Å². The SMILES string of the molecule is CCOc1ccc(CC(CO)c2cccc(F)c2)cc1. The van der Waals surface area contributed by atoms with Crippen LogP contribution in [0, 0.1) is 5.82 Å². The van der Waals surface area contributed by atoms with E-state index in [9.17, 15) is 9.50 Å². The quantitative estimate of drug-likeness (QED) is 0.873. The third-order valence-corrected chi connectivity index (χ3v) is 3.26. The van der Waals surface area contributed by atoms with Crippen LogP contribution >= 0.6 is 0 Å². The first-order valence-electron chi connectivity index (χ1n) is 6.81. The zero-order chi connectivity index (χ0) is 14.4. The Kier molecular flexibility index (Phi) is 5.13. The fraction of sp³-hybridized carbons (Fsp3) is 0.294. The van der Waals surface area contributed by atoms with E-state index < -0.39 is 0 Å². The van der Waals surface area contributed by atoms with E-state index in [0.29, 0.717) is 13.0 Å². The fourth-order valence-corrected chi connectivity index (χ4v) is 2.22. The van der Waals surface area contributed by atoms with Crippen LogP contribution in [0.3, 0.4) is 0 Å². The number of hydrogen-bond acceptors (Lipinski definition) is 2. The number of rotatable bonds is 6. The minimum absolute atomic E-state index is 0.00331. The van der Waals surface area contributed by atoms with Gasteiger partial charge in [0.05, 0.1) is 13.2 Å². The molecule has 0 aliphatic heterocycles. The number of ether oxygens (including phenoxy) is 1. The summed E-state index contributed by atoms with van der Waals surface area (Å²) in [6.45, 7) is 2.58. The van der Waals surface area contributed by atoms with Crippen LogP contribution in [0.25, 0.3) is 0 Å². The van der Waals surface area contributed by atoms with Crippen LogP contribution in [-0.4, -0.2) is 18.3 Å². The van der Waals surface area contributed by atoms with Crippen molar-refractivity contribution in [2.24, 2.45) is 0 Å². The lowest BCUT2D eigenvalue weighted by Gasteiger charge is -2.15. The maximum atomic E-state index is 13.2. The summed E-state index contributed by atoms with van der Waals surface area (Å²) in [6, 6.07) is 14.2. The van der Waals surface area contributed by atoms with Gasteiger partial charge in [-0.2, -0.15) is 0 Å². The van der Waals surface area contributed by atoms with E-state index in [-0.39, 0.29) is 18.3 Å². The smallest absolute Gasteiger partial charge is 0.123 e. The molecule has 106 valence electrons. The highest BCUT2D eigenvalue weighted by atomic mass is 19.1. The molecule has 0 saturated carbocycles. The van der Waals surface area contributed by atoms with Crippen molar-refractivity contribution in [2.75, 3.05) is 13.2 Å². The van der Waals surface area contributed by atoms with Gasteiger partial charge in [0.1, 0.15) is 11.6 Å². The third-order valence-electron chi connectivity index (χ3n) is 3.26. The molecule has 0 aliphatic carbocycles. The summed E-state index contributed by atoms with van der Waals surface area (Å²) in [6.07, 6.45) is 0.673. The predicted octanol–water partition coefficient (Wildman–Crippen LogP) is 3.54. The summed E-state index contributed by atoms with van der Waals surface area (Å²) < 4.78 is 18.6. The lowest BCUT2D eigenvalue weighted by Crippen LogP contribution is -2.08. The molecule has 0 heterocycles. The van der Waals surface area contributed by atoms with E-state index in [1.54, 1.807) is 6.07 Å². The molecule has 0 fully saturated rings. The van der Waals surface area contributed by atoms with Crippen molar-refractivity contribution < 1.29 is 14.2 Å². The van der Waals surface area contributed by atoms with Crippen LogP contribution in [-0.2, 0) is 6.42 Å². The van der Waals surface area contributed by atoms with Gasteiger partial charge in [-0.15, -0.1) is 0 Å². The number of halogens is 1. The minimum atomic E-state index is -0.271. The zero-order valence-electron chi connectivity index (χ0n) is 11.6. The van der Waals surface area contributed by atoms with Crippen molar-refractivity contribution in [3.63, 3.8) is 0 Å². The van der Waals surface area contributed by atoms with Crippen LogP contribution in [0.2, 0.25) is 0 Å². The van der Waals surface area contributed by atoms with E-state index in [0.717, 1.165) is 16.9 Å². The topological polar surface area (TPSA) is 29.5 Å². The van der Waals surface area contributed by atoms with Gasteiger partial charge in [0, 0.05) is 5.92 Å². The summed E-state index contributed by atoms with van der Waals surface area (Å²) in [5.74, 6) is 0.471. The first-order chi connectivity index (χ1) is 9.72. The normalized spacial score (nSPS) is 12.2. The first kappa shape index (κ1) is 14.5. The van der Waals surface area contributed by atoms with Crippen molar-refractivity contribution in [3.05, 3.63) is 65.5 Å². The Balaban J connectivity index is 2.09.